The van der Waals surface area contributed by atoms with Crippen LogP contribution in [-0.2, 0) is 0 Å². The van der Waals surface area contributed by atoms with Crippen molar-refractivity contribution < 1.29 is 0 Å². The van der Waals surface area contributed by atoms with Gasteiger partial charge in [-0.1, -0.05) is 12.2 Å². The average Bonchev–Trinajstić information content (AvgIpc) is 2.09. The smallest absolute Gasteiger partial charge is 0.0105 e. The minimum atomic E-state index is 0.814. The van der Waals surface area contributed by atoms with Gasteiger partial charge >= 0.3 is 0 Å². The summed E-state index contributed by atoms with van der Waals surface area (Å²) in [6, 6.07) is 1.63. The summed E-state index contributed by atoms with van der Waals surface area (Å²) < 4.78 is 0. The Balaban J connectivity index is 2.08. The van der Waals surface area contributed by atoms with E-state index in [1.165, 1.54) is 25.7 Å². The van der Waals surface area contributed by atoms with Gasteiger partial charge in [-0.05, 0) is 25.7 Å². The highest BCUT2D eigenvalue weighted by molar-refractivity contribution is 4.99. The molecule has 1 fully saturated rings. The fourth-order valence-electron chi connectivity index (χ4n) is 1.80. The molecule has 2 aliphatic rings. The number of fused-ring (bicyclic) bond motifs is 2. The summed E-state index contributed by atoms with van der Waals surface area (Å²) in [5.41, 5.74) is 0. The molecular weight excluding hydrogens is 110 g/mol. The van der Waals surface area contributed by atoms with Gasteiger partial charge in [-0.3, -0.25) is 0 Å². The van der Waals surface area contributed by atoms with Crippen LogP contribution in [0.3, 0.4) is 0 Å². The largest absolute Gasteiger partial charge is 0.311 e. The van der Waals surface area contributed by atoms with Gasteiger partial charge in [0.05, 0.1) is 0 Å². The number of rotatable bonds is 0. The molecule has 1 N–H and O–H groups in total. The van der Waals surface area contributed by atoms with Crippen molar-refractivity contribution in [2.75, 3.05) is 0 Å². The fraction of sp³-hybridized carbons (Fsp3) is 0.750. The van der Waals surface area contributed by atoms with Crippen LogP contribution in [0.25, 0.3) is 0 Å². The van der Waals surface area contributed by atoms with Crippen LogP contribution in [0.5, 0.6) is 0 Å². The number of nitrogens with one attached hydrogen (secondary N) is 1. The first kappa shape index (κ1) is 5.48. The summed E-state index contributed by atoms with van der Waals surface area (Å²) in [6.07, 6.45) is 9.95. The van der Waals surface area contributed by atoms with Crippen molar-refractivity contribution in [3.8, 4) is 0 Å². The van der Waals surface area contributed by atoms with Crippen molar-refractivity contribution in [2.45, 2.75) is 37.8 Å². The molecule has 2 aliphatic heterocycles. The molecule has 0 aromatic rings. The van der Waals surface area contributed by atoms with E-state index in [0.717, 1.165) is 12.1 Å². The Hall–Kier alpha value is -0.300. The van der Waals surface area contributed by atoms with E-state index < -0.39 is 0 Å². The van der Waals surface area contributed by atoms with Gasteiger partial charge in [0.25, 0.3) is 0 Å². The van der Waals surface area contributed by atoms with E-state index >= 15 is 0 Å². The predicted octanol–water partition coefficient (Wildman–Crippen LogP) is 1.46. The van der Waals surface area contributed by atoms with Crippen LogP contribution in [0.15, 0.2) is 12.2 Å². The third-order valence-electron chi connectivity index (χ3n) is 2.34. The van der Waals surface area contributed by atoms with Gasteiger partial charge < -0.3 is 5.32 Å². The van der Waals surface area contributed by atoms with Crippen molar-refractivity contribution in [3.63, 3.8) is 0 Å². The van der Waals surface area contributed by atoms with Gasteiger partial charge in [0.2, 0.25) is 0 Å². The second kappa shape index (κ2) is 2.14. The lowest BCUT2D eigenvalue weighted by Crippen LogP contribution is -2.26. The normalized spacial score (nSPS) is 40.9. The molecule has 50 valence electrons. The van der Waals surface area contributed by atoms with E-state index in [0.29, 0.717) is 0 Å². The predicted molar refractivity (Wildman–Crippen MR) is 38.3 cm³/mol. The maximum Gasteiger partial charge on any atom is 0.0105 e. The molecule has 1 heteroatoms. The van der Waals surface area contributed by atoms with E-state index in [4.69, 9.17) is 0 Å². The molecule has 2 atom stereocenters. The van der Waals surface area contributed by atoms with E-state index in [-0.39, 0.29) is 0 Å². The van der Waals surface area contributed by atoms with Gasteiger partial charge in [0, 0.05) is 12.1 Å². The Morgan fingerprint density at radius 1 is 1.00 bits per heavy atom. The molecule has 9 heavy (non-hydrogen) atoms. The van der Waals surface area contributed by atoms with Crippen LogP contribution < -0.4 is 5.32 Å². The van der Waals surface area contributed by atoms with Crippen molar-refractivity contribution in [2.24, 2.45) is 0 Å². The van der Waals surface area contributed by atoms with Gasteiger partial charge in [-0.2, -0.15) is 0 Å². The van der Waals surface area contributed by atoms with Gasteiger partial charge in [0.1, 0.15) is 0 Å². The lowest BCUT2D eigenvalue weighted by Gasteiger charge is -2.06. The zero-order chi connectivity index (χ0) is 6.10. The van der Waals surface area contributed by atoms with Crippen LogP contribution in [0.1, 0.15) is 25.7 Å². The third-order valence-corrected chi connectivity index (χ3v) is 2.34. The molecule has 2 heterocycles. The van der Waals surface area contributed by atoms with Crippen molar-refractivity contribution in [1.82, 2.24) is 5.32 Å². The lowest BCUT2D eigenvalue weighted by atomic mass is 10.1. The second-order valence-corrected chi connectivity index (χ2v) is 3.08. The standard InChI is InChI=1S/C8H13N/c1-2-4-8-6-5-7(3-1)9-8/h1-2,7-9H,3-6H2/t7-,8+. The minimum Gasteiger partial charge on any atom is -0.311 e. The van der Waals surface area contributed by atoms with Crippen molar-refractivity contribution in [3.05, 3.63) is 12.2 Å². The monoisotopic (exact) mass is 123 g/mol. The summed E-state index contributed by atoms with van der Waals surface area (Å²) in [5.74, 6) is 0. The van der Waals surface area contributed by atoms with Crippen LogP contribution in [-0.4, -0.2) is 12.1 Å². The zero-order valence-electron chi connectivity index (χ0n) is 5.64. The Bertz CT molecular complexity index is 115. The quantitative estimate of drug-likeness (QED) is 0.481. The maximum atomic E-state index is 3.59. The Morgan fingerprint density at radius 2 is 1.56 bits per heavy atom. The third kappa shape index (κ3) is 1.01. The molecule has 0 spiro atoms. The first-order chi connectivity index (χ1) is 4.45. The molecule has 2 bridgehead atoms. The Labute approximate surface area is 56.1 Å². The molecule has 0 radical (unpaired) electrons. The molecular formula is C8H13N. The number of hydrogen-bond donors (Lipinski definition) is 1. The average molecular weight is 123 g/mol. The number of hydrogen-bond acceptors (Lipinski definition) is 1. The summed E-state index contributed by atoms with van der Waals surface area (Å²) in [5, 5.41) is 3.59. The lowest BCUT2D eigenvalue weighted by molar-refractivity contribution is 0.558. The van der Waals surface area contributed by atoms with Gasteiger partial charge in [-0.25, -0.2) is 0 Å². The first-order valence-corrected chi connectivity index (χ1v) is 3.86. The molecule has 1 nitrogen and oxygen atoms in total. The summed E-state index contributed by atoms with van der Waals surface area (Å²) in [7, 11) is 0. The van der Waals surface area contributed by atoms with Crippen molar-refractivity contribution in [1.29, 1.82) is 0 Å². The molecule has 1 saturated heterocycles. The molecule has 0 saturated carbocycles. The molecule has 0 unspecified atom stereocenters. The van der Waals surface area contributed by atoms with E-state index in [9.17, 15) is 0 Å². The molecule has 0 amide bonds. The molecule has 0 aliphatic carbocycles. The van der Waals surface area contributed by atoms with Crippen LogP contribution in [0.2, 0.25) is 0 Å². The highest BCUT2D eigenvalue weighted by Crippen LogP contribution is 2.20. The van der Waals surface area contributed by atoms with Crippen LogP contribution in [0, 0.1) is 0 Å². The molecule has 2 rings (SSSR count). The Morgan fingerprint density at radius 3 is 2.11 bits per heavy atom. The topological polar surface area (TPSA) is 12.0 Å². The summed E-state index contributed by atoms with van der Waals surface area (Å²) >= 11 is 0. The van der Waals surface area contributed by atoms with E-state index in [1.807, 2.05) is 0 Å². The van der Waals surface area contributed by atoms with Gasteiger partial charge in [-0.15, -0.1) is 0 Å². The van der Waals surface area contributed by atoms with Crippen LogP contribution in [0.4, 0.5) is 0 Å². The zero-order valence-corrected chi connectivity index (χ0v) is 5.64. The molecule has 0 aromatic heterocycles. The van der Waals surface area contributed by atoms with E-state index in [1.54, 1.807) is 0 Å². The van der Waals surface area contributed by atoms with Gasteiger partial charge in [0.15, 0.2) is 0 Å². The highest BCUT2D eigenvalue weighted by atomic mass is 15.0. The Kier molecular flexibility index (Phi) is 1.31. The molecule has 0 aromatic carbocycles. The summed E-state index contributed by atoms with van der Waals surface area (Å²) in [6.45, 7) is 0. The highest BCUT2D eigenvalue weighted by Gasteiger charge is 2.22. The van der Waals surface area contributed by atoms with Crippen LogP contribution >= 0.6 is 0 Å². The second-order valence-electron chi connectivity index (χ2n) is 3.08. The summed E-state index contributed by atoms with van der Waals surface area (Å²) in [4.78, 5) is 0. The fourth-order valence-corrected chi connectivity index (χ4v) is 1.80. The van der Waals surface area contributed by atoms with Crippen molar-refractivity contribution >= 4 is 0 Å². The van der Waals surface area contributed by atoms with E-state index in [2.05, 4.69) is 17.5 Å². The maximum absolute atomic E-state index is 3.59. The minimum absolute atomic E-state index is 0.814. The SMILES string of the molecule is C1=CC[C@H]2CC[C@@H](C1)N2. The first-order valence-electron chi connectivity index (χ1n) is 3.86.